The Morgan fingerprint density at radius 2 is 1.75 bits per heavy atom. The molecular weight excluding hydrogens is 310 g/mol. The standard InChI is InChI=1S/C19H14F2N2O/c20-17-8-7-14(11-18(17)21)13-4-3-5-15(10-13)19(24)23-12-16-6-1-2-9-22-16/h1-11H,12H2,(H,23,24). The first-order chi connectivity index (χ1) is 11.6. The fraction of sp³-hybridized carbons (Fsp3) is 0.0526. The minimum Gasteiger partial charge on any atom is -0.346 e. The van der Waals surface area contributed by atoms with E-state index in [9.17, 15) is 13.6 Å². The van der Waals surface area contributed by atoms with Crippen molar-refractivity contribution in [3.8, 4) is 11.1 Å². The summed E-state index contributed by atoms with van der Waals surface area (Å²) in [5, 5.41) is 2.78. The minimum absolute atomic E-state index is 0.259. The number of pyridine rings is 1. The summed E-state index contributed by atoms with van der Waals surface area (Å²) in [5.74, 6) is -2.08. The van der Waals surface area contributed by atoms with E-state index in [0.29, 0.717) is 23.2 Å². The molecule has 3 nitrogen and oxygen atoms in total. The van der Waals surface area contributed by atoms with Crippen molar-refractivity contribution in [1.82, 2.24) is 10.3 Å². The van der Waals surface area contributed by atoms with Crippen LogP contribution in [-0.4, -0.2) is 10.9 Å². The molecule has 0 saturated heterocycles. The number of carbonyl (C=O) groups is 1. The summed E-state index contributed by atoms with van der Waals surface area (Å²) in [6.07, 6.45) is 1.66. The predicted octanol–water partition coefficient (Wildman–Crippen LogP) is 3.96. The molecule has 0 saturated carbocycles. The molecule has 0 spiro atoms. The van der Waals surface area contributed by atoms with Crippen molar-refractivity contribution in [3.05, 3.63) is 89.8 Å². The van der Waals surface area contributed by atoms with Gasteiger partial charge in [0.15, 0.2) is 11.6 Å². The van der Waals surface area contributed by atoms with Crippen LogP contribution in [0.3, 0.4) is 0 Å². The molecule has 1 amide bonds. The van der Waals surface area contributed by atoms with E-state index in [1.807, 2.05) is 12.1 Å². The second-order valence-electron chi connectivity index (χ2n) is 5.21. The first kappa shape index (κ1) is 15.8. The van der Waals surface area contributed by atoms with Crippen LogP contribution in [-0.2, 0) is 6.54 Å². The topological polar surface area (TPSA) is 42.0 Å². The maximum absolute atomic E-state index is 13.4. The lowest BCUT2D eigenvalue weighted by atomic mass is 10.0. The number of hydrogen-bond donors (Lipinski definition) is 1. The Balaban J connectivity index is 1.77. The van der Waals surface area contributed by atoms with E-state index in [0.717, 1.165) is 17.8 Å². The van der Waals surface area contributed by atoms with Crippen LogP contribution in [0.5, 0.6) is 0 Å². The molecule has 3 aromatic rings. The van der Waals surface area contributed by atoms with Gasteiger partial charge < -0.3 is 5.32 Å². The van der Waals surface area contributed by atoms with E-state index in [4.69, 9.17) is 0 Å². The average Bonchev–Trinajstić information content (AvgIpc) is 2.63. The normalized spacial score (nSPS) is 10.4. The van der Waals surface area contributed by atoms with Gasteiger partial charge in [0.05, 0.1) is 12.2 Å². The molecule has 3 rings (SSSR count). The van der Waals surface area contributed by atoms with Gasteiger partial charge in [0, 0.05) is 11.8 Å². The number of amides is 1. The number of rotatable bonds is 4. The minimum atomic E-state index is -0.919. The van der Waals surface area contributed by atoms with Crippen molar-refractivity contribution < 1.29 is 13.6 Å². The summed E-state index contributed by atoms with van der Waals surface area (Å²) in [5.41, 5.74) is 2.34. The molecule has 1 aromatic heterocycles. The molecule has 0 radical (unpaired) electrons. The van der Waals surface area contributed by atoms with Crippen molar-refractivity contribution in [2.24, 2.45) is 0 Å². The van der Waals surface area contributed by atoms with Gasteiger partial charge in [-0.25, -0.2) is 8.78 Å². The third-order valence-electron chi connectivity index (χ3n) is 3.53. The lowest BCUT2D eigenvalue weighted by Crippen LogP contribution is -2.23. The van der Waals surface area contributed by atoms with Gasteiger partial charge in [0.25, 0.3) is 5.91 Å². The summed E-state index contributed by atoms with van der Waals surface area (Å²) >= 11 is 0. The quantitative estimate of drug-likeness (QED) is 0.789. The molecule has 0 atom stereocenters. The summed E-state index contributed by atoms with van der Waals surface area (Å²) in [7, 11) is 0. The Kier molecular flexibility index (Phi) is 4.61. The van der Waals surface area contributed by atoms with Crippen molar-refractivity contribution in [3.63, 3.8) is 0 Å². The Labute approximate surface area is 138 Å². The molecule has 0 fully saturated rings. The highest BCUT2D eigenvalue weighted by molar-refractivity contribution is 5.95. The number of nitrogens with zero attached hydrogens (tertiary/aromatic N) is 1. The lowest BCUT2D eigenvalue weighted by molar-refractivity contribution is 0.0950. The second-order valence-corrected chi connectivity index (χ2v) is 5.21. The van der Waals surface area contributed by atoms with Crippen LogP contribution in [0.4, 0.5) is 8.78 Å². The number of nitrogens with one attached hydrogen (secondary N) is 1. The zero-order chi connectivity index (χ0) is 16.9. The van der Waals surface area contributed by atoms with Crippen LogP contribution in [0, 0.1) is 11.6 Å². The third kappa shape index (κ3) is 3.63. The number of aromatic nitrogens is 1. The maximum atomic E-state index is 13.4. The fourth-order valence-electron chi connectivity index (χ4n) is 2.29. The fourth-order valence-corrected chi connectivity index (χ4v) is 2.29. The third-order valence-corrected chi connectivity index (χ3v) is 3.53. The molecular formula is C19H14F2N2O. The lowest BCUT2D eigenvalue weighted by Gasteiger charge is -2.07. The molecule has 0 aliphatic carbocycles. The van der Waals surface area contributed by atoms with Crippen LogP contribution in [0.1, 0.15) is 16.1 Å². The van der Waals surface area contributed by atoms with Gasteiger partial charge in [-0.3, -0.25) is 9.78 Å². The van der Waals surface area contributed by atoms with Crippen molar-refractivity contribution in [2.75, 3.05) is 0 Å². The largest absolute Gasteiger partial charge is 0.346 e. The zero-order valence-corrected chi connectivity index (χ0v) is 12.7. The maximum Gasteiger partial charge on any atom is 0.251 e. The van der Waals surface area contributed by atoms with Gasteiger partial charge in [-0.1, -0.05) is 24.3 Å². The monoisotopic (exact) mass is 324 g/mol. The Morgan fingerprint density at radius 3 is 2.50 bits per heavy atom. The Hall–Kier alpha value is -3.08. The van der Waals surface area contributed by atoms with E-state index in [1.54, 1.807) is 36.5 Å². The van der Waals surface area contributed by atoms with Gasteiger partial charge in [-0.05, 0) is 47.5 Å². The van der Waals surface area contributed by atoms with Crippen LogP contribution < -0.4 is 5.32 Å². The second kappa shape index (κ2) is 7.00. The van der Waals surface area contributed by atoms with E-state index >= 15 is 0 Å². The first-order valence-electron chi connectivity index (χ1n) is 7.37. The van der Waals surface area contributed by atoms with Gasteiger partial charge in [0.2, 0.25) is 0 Å². The van der Waals surface area contributed by atoms with Gasteiger partial charge in [-0.15, -0.1) is 0 Å². The average molecular weight is 324 g/mol. The van der Waals surface area contributed by atoms with E-state index in [2.05, 4.69) is 10.3 Å². The van der Waals surface area contributed by atoms with Crippen molar-refractivity contribution >= 4 is 5.91 Å². The molecule has 0 aliphatic heterocycles. The van der Waals surface area contributed by atoms with Gasteiger partial charge in [0.1, 0.15) is 0 Å². The SMILES string of the molecule is O=C(NCc1ccccn1)c1cccc(-c2ccc(F)c(F)c2)c1. The molecule has 120 valence electrons. The highest BCUT2D eigenvalue weighted by Gasteiger charge is 2.09. The Bertz CT molecular complexity index is 866. The van der Waals surface area contributed by atoms with Gasteiger partial charge >= 0.3 is 0 Å². The zero-order valence-electron chi connectivity index (χ0n) is 12.7. The van der Waals surface area contributed by atoms with Crippen LogP contribution in [0.2, 0.25) is 0 Å². The summed E-state index contributed by atoms with van der Waals surface area (Å²) in [4.78, 5) is 16.4. The molecule has 5 heteroatoms. The number of halogens is 2. The summed E-state index contributed by atoms with van der Waals surface area (Å²) in [6, 6.07) is 15.9. The number of hydrogen-bond acceptors (Lipinski definition) is 2. The van der Waals surface area contributed by atoms with E-state index < -0.39 is 11.6 Å². The molecule has 0 aliphatic rings. The summed E-state index contributed by atoms with van der Waals surface area (Å²) in [6.45, 7) is 0.315. The molecule has 0 bridgehead atoms. The molecule has 1 N–H and O–H groups in total. The molecule has 0 unspecified atom stereocenters. The number of carbonyl (C=O) groups excluding carboxylic acids is 1. The molecule has 2 aromatic carbocycles. The number of benzene rings is 2. The first-order valence-corrected chi connectivity index (χ1v) is 7.37. The van der Waals surface area contributed by atoms with Crippen molar-refractivity contribution in [1.29, 1.82) is 0 Å². The highest BCUT2D eigenvalue weighted by atomic mass is 19.2. The van der Waals surface area contributed by atoms with Crippen LogP contribution in [0.25, 0.3) is 11.1 Å². The van der Waals surface area contributed by atoms with Crippen LogP contribution in [0.15, 0.2) is 66.9 Å². The van der Waals surface area contributed by atoms with Gasteiger partial charge in [-0.2, -0.15) is 0 Å². The smallest absolute Gasteiger partial charge is 0.251 e. The van der Waals surface area contributed by atoms with E-state index in [-0.39, 0.29) is 5.91 Å². The highest BCUT2D eigenvalue weighted by Crippen LogP contribution is 2.22. The summed E-state index contributed by atoms with van der Waals surface area (Å²) < 4.78 is 26.4. The van der Waals surface area contributed by atoms with Crippen molar-refractivity contribution in [2.45, 2.75) is 6.54 Å². The molecule has 1 heterocycles. The van der Waals surface area contributed by atoms with E-state index in [1.165, 1.54) is 6.07 Å². The Morgan fingerprint density at radius 1 is 0.917 bits per heavy atom. The van der Waals surface area contributed by atoms with Crippen LogP contribution >= 0.6 is 0 Å². The molecule has 24 heavy (non-hydrogen) atoms. The predicted molar refractivity (Wildman–Crippen MR) is 87.2 cm³/mol.